The molecule has 1 aromatic carbocycles. The number of nitrogens with two attached hydrogens (primary N) is 1. The lowest BCUT2D eigenvalue weighted by molar-refractivity contribution is -0.119. The Kier molecular flexibility index (Phi) is 4.61. The van der Waals surface area contributed by atoms with Gasteiger partial charge in [0.05, 0.1) is 26.6 Å². The molecule has 0 aromatic heterocycles. The Bertz CT molecular complexity index is 509. The second kappa shape index (κ2) is 6.23. The molecule has 2 unspecified atom stereocenters. The van der Waals surface area contributed by atoms with Gasteiger partial charge < -0.3 is 19.9 Å². The number of carbonyl (C=O) groups is 1. The second-order valence-corrected chi connectivity index (χ2v) is 5.37. The number of hydrogen-bond acceptors (Lipinski definition) is 6. The number of nitrogens with one attached hydrogen (secondary N) is 1. The van der Waals surface area contributed by atoms with Gasteiger partial charge in [-0.15, -0.1) is 11.8 Å². The minimum atomic E-state index is -0.424. The third-order valence-electron chi connectivity index (χ3n) is 3.22. The van der Waals surface area contributed by atoms with E-state index >= 15 is 0 Å². The van der Waals surface area contributed by atoms with Crippen molar-refractivity contribution in [2.45, 2.75) is 11.3 Å². The highest BCUT2D eigenvalue weighted by Gasteiger charge is 2.36. The van der Waals surface area contributed by atoms with Crippen LogP contribution in [-0.4, -0.2) is 39.2 Å². The van der Waals surface area contributed by atoms with Crippen molar-refractivity contribution in [2.75, 3.05) is 27.2 Å². The molecule has 0 spiro atoms. The van der Waals surface area contributed by atoms with Crippen LogP contribution >= 0.6 is 11.8 Å². The number of primary amides is 1. The number of ether oxygens (including phenoxy) is 3. The monoisotopic (exact) mass is 298 g/mol. The molecule has 1 aliphatic rings. The number of methoxy groups -OCH3 is 3. The number of amides is 1. The van der Waals surface area contributed by atoms with Gasteiger partial charge in [0.25, 0.3) is 0 Å². The maximum Gasteiger partial charge on any atom is 0.236 e. The Morgan fingerprint density at radius 2 is 1.95 bits per heavy atom. The second-order valence-electron chi connectivity index (χ2n) is 4.24. The molecular formula is C13H18N2O4S. The number of benzene rings is 1. The minimum absolute atomic E-state index is 0.109. The van der Waals surface area contributed by atoms with Gasteiger partial charge in [-0.25, -0.2) is 0 Å². The van der Waals surface area contributed by atoms with Crippen LogP contribution in [-0.2, 0) is 4.79 Å². The average Bonchev–Trinajstić information content (AvgIpc) is 2.94. The predicted octanol–water partition coefficient (Wildman–Crippen LogP) is 0.901. The quantitative estimate of drug-likeness (QED) is 0.840. The van der Waals surface area contributed by atoms with Crippen molar-refractivity contribution in [3.8, 4) is 17.2 Å². The van der Waals surface area contributed by atoms with Crippen LogP contribution < -0.4 is 25.3 Å². The summed E-state index contributed by atoms with van der Waals surface area (Å²) in [5.41, 5.74) is 6.30. The highest BCUT2D eigenvalue weighted by molar-refractivity contribution is 7.99. The molecule has 1 fully saturated rings. The van der Waals surface area contributed by atoms with E-state index in [2.05, 4.69) is 5.32 Å². The van der Waals surface area contributed by atoms with Crippen LogP contribution in [0.4, 0.5) is 0 Å². The Labute approximate surface area is 121 Å². The molecule has 20 heavy (non-hydrogen) atoms. The summed E-state index contributed by atoms with van der Waals surface area (Å²) in [7, 11) is 4.68. The normalized spacial score (nSPS) is 21.6. The van der Waals surface area contributed by atoms with Gasteiger partial charge in [0.1, 0.15) is 6.04 Å². The maximum absolute atomic E-state index is 11.5. The standard InChI is InChI=1S/C13H18N2O4S/c1-17-8-5-4-7(10(18-2)11(8)19-3)12-9(13(14)16)15-6-20-12/h4-5,9,12,15H,6H2,1-3H3,(H2,14,16). The van der Waals surface area contributed by atoms with E-state index in [9.17, 15) is 4.79 Å². The first-order chi connectivity index (χ1) is 9.63. The van der Waals surface area contributed by atoms with Gasteiger partial charge in [0.15, 0.2) is 11.5 Å². The van der Waals surface area contributed by atoms with Crippen molar-refractivity contribution in [2.24, 2.45) is 5.73 Å². The van der Waals surface area contributed by atoms with E-state index in [-0.39, 0.29) is 11.2 Å². The molecule has 0 saturated carbocycles. The molecule has 0 aliphatic carbocycles. The number of carbonyl (C=O) groups excluding carboxylic acids is 1. The Morgan fingerprint density at radius 3 is 2.50 bits per heavy atom. The Balaban J connectivity index is 2.48. The SMILES string of the molecule is COc1ccc(C2SCNC2C(N)=O)c(OC)c1OC. The number of thioether (sulfide) groups is 1. The largest absolute Gasteiger partial charge is 0.493 e. The van der Waals surface area contributed by atoms with Crippen molar-refractivity contribution >= 4 is 17.7 Å². The zero-order valence-corrected chi connectivity index (χ0v) is 12.5. The Morgan fingerprint density at radius 1 is 1.25 bits per heavy atom. The zero-order chi connectivity index (χ0) is 14.7. The topological polar surface area (TPSA) is 82.8 Å². The first kappa shape index (κ1) is 14.8. The lowest BCUT2D eigenvalue weighted by Crippen LogP contribution is -2.39. The molecule has 3 N–H and O–H groups in total. The van der Waals surface area contributed by atoms with E-state index in [4.69, 9.17) is 19.9 Å². The van der Waals surface area contributed by atoms with Gasteiger partial charge in [-0.3, -0.25) is 10.1 Å². The summed E-state index contributed by atoms with van der Waals surface area (Å²) in [4.78, 5) is 11.5. The predicted molar refractivity (Wildman–Crippen MR) is 77.4 cm³/mol. The smallest absolute Gasteiger partial charge is 0.236 e. The molecule has 1 saturated heterocycles. The number of hydrogen-bond donors (Lipinski definition) is 2. The third kappa shape index (κ3) is 2.51. The molecule has 2 rings (SSSR count). The summed E-state index contributed by atoms with van der Waals surface area (Å²) in [6, 6.07) is 3.25. The van der Waals surface area contributed by atoms with Crippen LogP contribution in [0, 0.1) is 0 Å². The van der Waals surface area contributed by atoms with E-state index in [1.54, 1.807) is 39.2 Å². The number of rotatable bonds is 5. The van der Waals surface area contributed by atoms with E-state index in [1.165, 1.54) is 0 Å². The summed E-state index contributed by atoms with van der Waals surface area (Å²) >= 11 is 1.61. The van der Waals surface area contributed by atoms with Crippen molar-refractivity contribution in [1.29, 1.82) is 0 Å². The fourth-order valence-electron chi connectivity index (χ4n) is 2.30. The van der Waals surface area contributed by atoms with Gasteiger partial charge in [-0.05, 0) is 6.07 Å². The molecule has 0 radical (unpaired) electrons. The van der Waals surface area contributed by atoms with Crippen LogP contribution in [0.25, 0.3) is 0 Å². The molecule has 1 aliphatic heterocycles. The first-order valence-corrected chi connectivity index (χ1v) is 7.12. The van der Waals surface area contributed by atoms with Crippen LogP contribution in [0.2, 0.25) is 0 Å². The van der Waals surface area contributed by atoms with E-state index < -0.39 is 6.04 Å². The van der Waals surface area contributed by atoms with Gasteiger partial charge in [0, 0.05) is 11.4 Å². The summed E-state index contributed by atoms with van der Waals surface area (Å²) < 4.78 is 16.1. The summed E-state index contributed by atoms with van der Waals surface area (Å²) in [6.45, 7) is 0. The van der Waals surface area contributed by atoms with Crippen molar-refractivity contribution in [1.82, 2.24) is 5.32 Å². The summed E-state index contributed by atoms with van der Waals surface area (Å²) in [5.74, 6) is 1.95. The van der Waals surface area contributed by atoms with E-state index in [0.29, 0.717) is 23.1 Å². The van der Waals surface area contributed by atoms with E-state index in [0.717, 1.165) is 5.56 Å². The van der Waals surface area contributed by atoms with Crippen LogP contribution in [0.1, 0.15) is 10.8 Å². The lowest BCUT2D eigenvalue weighted by atomic mass is 10.0. The average molecular weight is 298 g/mol. The molecule has 1 heterocycles. The minimum Gasteiger partial charge on any atom is -0.493 e. The third-order valence-corrected chi connectivity index (χ3v) is 4.44. The highest BCUT2D eigenvalue weighted by atomic mass is 32.2. The van der Waals surface area contributed by atoms with Gasteiger partial charge in [-0.1, -0.05) is 6.07 Å². The molecular weight excluding hydrogens is 280 g/mol. The summed E-state index contributed by atoms with van der Waals surface area (Å²) in [6.07, 6.45) is 0. The molecule has 2 atom stereocenters. The summed E-state index contributed by atoms with van der Waals surface area (Å²) in [5, 5.41) is 2.97. The van der Waals surface area contributed by atoms with Crippen LogP contribution in [0.5, 0.6) is 17.2 Å². The van der Waals surface area contributed by atoms with Crippen molar-refractivity contribution < 1.29 is 19.0 Å². The zero-order valence-electron chi connectivity index (χ0n) is 11.6. The Hall–Kier alpha value is -1.60. The molecule has 6 nitrogen and oxygen atoms in total. The fraction of sp³-hybridized carbons (Fsp3) is 0.462. The van der Waals surface area contributed by atoms with Crippen LogP contribution in [0.3, 0.4) is 0 Å². The van der Waals surface area contributed by atoms with Gasteiger partial charge in [-0.2, -0.15) is 0 Å². The lowest BCUT2D eigenvalue weighted by Gasteiger charge is -2.21. The molecule has 7 heteroatoms. The van der Waals surface area contributed by atoms with Crippen molar-refractivity contribution in [3.63, 3.8) is 0 Å². The molecule has 1 amide bonds. The van der Waals surface area contributed by atoms with Gasteiger partial charge in [0.2, 0.25) is 11.7 Å². The maximum atomic E-state index is 11.5. The van der Waals surface area contributed by atoms with Crippen molar-refractivity contribution in [3.05, 3.63) is 17.7 Å². The highest BCUT2D eigenvalue weighted by Crippen LogP contribution is 2.47. The first-order valence-electron chi connectivity index (χ1n) is 6.07. The van der Waals surface area contributed by atoms with Gasteiger partial charge >= 0.3 is 0 Å². The molecule has 110 valence electrons. The molecule has 1 aromatic rings. The fourth-order valence-corrected chi connectivity index (χ4v) is 3.54. The van der Waals surface area contributed by atoms with Crippen LogP contribution in [0.15, 0.2) is 12.1 Å². The molecule has 0 bridgehead atoms. The van der Waals surface area contributed by atoms with E-state index in [1.807, 2.05) is 6.07 Å².